The second-order valence-corrected chi connectivity index (χ2v) is 12.1. The van der Waals surface area contributed by atoms with Crippen LogP contribution in [0, 0.1) is 36.5 Å². The van der Waals surface area contributed by atoms with Gasteiger partial charge in [-0.1, -0.05) is 26.2 Å². The maximum atomic E-state index is 9.96. The van der Waals surface area contributed by atoms with E-state index in [1.54, 1.807) is 28.9 Å². The minimum absolute atomic E-state index is 0.346. The van der Waals surface area contributed by atoms with E-state index in [0.29, 0.717) is 13.0 Å². The van der Waals surface area contributed by atoms with Crippen LogP contribution in [0.4, 0.5) is 5.13 Å². The zero-order chi connectivity index (χ0) is 27.7. The van der Waals surface area contributed by atoms with Gasteiger partial charge in [0.25, 0.3) is 0 Å². The Morgan fingerprint density at radius 2 is 1.97 bits per heavy atom. The van der Waals surface area contributed by atoms with Gasteiger partial charge in [0.2, 0.25) is 0 Å². The molecule has 9 heteroatoms. The molecule has 1 aliphatic heterocycles. The zero-order valence-corrected chi connectivity index (χ0v) is 24.8. The number of anilines is 1. The third-order valence-corrected chi connectivity index (χ3v) is 8.26. The van der Waals surface area contributed by atoms with Crippen molar-refractivity contribution in [2.75, 3.05) is 32.0 Å². The molecule has 2 N–H and O–H groups in total. The Balaban J connectivity index is 0.000000301. The molecule has 1 fully saturated rings. The highest BCUT2D eigenvalue weighted by molar-refractivity contribution is 7.15. The number of nitriles is 1. The molecule has 0 amide bonds. The summed E-state index contributed by atoms with van der Waals surface area (Å²) in [6.07, 6.45) is 19.4. The topological polar surface area (TPSA) is 93.9 Å². The van der Waals surface area contributed by atoms with Crippen LogP contribution in [0.15, 0.2) is 6.20 Å². The number of aldehydes is 1. The fraction of sp³-hybridized carbons (Fsp3) is 0.643. The molecule has 0 unspecified atom stereocenters. The highest BCUT2D eigenvalue weighted by Gasteiger charge is 2.21. The minimum atomic E-state index is -0.346. The van der Waals surface area contributed by atoms with Gasteiger partial charge in [0.05, 0.1) is 22.2 Å². The Hall–Kier alpha value is -2.30. The van der Waals surface area contributed by atoms with Crippen molar-refractivity contribution < 1.29 is 4.79 Å². The smallest absolute Gasteiger partial charge is 0.183 e. The highest BCUT2D eigenvalue weighted by Crippen LogP contribution is 2.28. The van der Waals surface area contributed by atoms with Gasteiger partial charge in [-0.15, -0.1) is 35.5 Å². The molecule has 204 valence electrons. The maximum Gasteiger partial charge on any atom is 0.183 e. The summed E-state index contributed by atoms with van der Waals surface area (Å²) in [7, 11) is 2.07. The monoisotopic (exact) mass is 544 g/mol. The van der Waals surface area contributed by atoms with Gasteiger partial charge in [-0.2, -0.15) is 5.26 Å². The number of fused-ring (bicyclic) bond motifs is 1. The van der Waals surface area contributed by atoms with Crippen molar-refractivity contribution in [3.8, 4) is 18.9 Å². The molecule has 7 nitrogen and oxygen atoms in total. The summed E-state index contributed by atoms with van der Waals surface area (Å²) in [5.41, 5.74) is 0.868. The van der Waals surface area contributed by atoms with E-state index >= 15 is 0 Å². The SMILES string of the molecule is C#C.CCN1CCc2sc(NCC(C)(C)C#N)nc2C1.CNC1CCCCC1.Cc1ncc(CC=O)s1. The highest BCUT2D eigenvalue weighted by atomic mass is 32.1. The lowest BCUT2D eigenvalue weighted by Crippen LogP contribution is -2.29. The fourth-order valence-electron chi connectivity index (χ4n) is 3.91. The molecule has 0 aromatic carbocycles. The largest absolute Gasteiger partial charge is 0.360 e. The van der Waals surface area contributed by atoms with Crippen LogP contribution in [0.1, 0.15) is 73.3 Å². The molecular formula is C28H44N6OS2. The number of carbonyl (C=O) groups is 1. The van der Waals surface area contributed by atoms with E-state index in [1.165, 1.54) is 42.7 Å². The van der Waals surface area contributed by atoms with Crippen LogP contribution in [-0.4, -0.2) is 53.9 Å². The van der Waals surface area contributed by atoms with Crippen molar-refractivity contribution in [2.45, 2.75) is 85.2 Å². The molecule has 0 saturated heterocycles. The molecule has 0 radical (unpaired) electrons. The number of rotatable bonds is 7. The summed E-state index contributed by atoms with van der Waals surface area (Å²) in [6, 6.07) is 3.13. The second kappa shape index (κ2) is 18.0. The normalized spacial score (nSPS) is 15.3. The second-order valence-electron chi connectivity index (χ2n) is 9.70. The van der Waals surface area contributed by atoms with E-state index in [4.69, 9.17) is 5.26 Å². The third-order valence-electron chi connectivity index (χ3n) is 6.21. The number of aromatic nitrogens is 2. The minimum Gasteiger partial charge on any atom is -0.360 e. The predicted molar refractivity (Wildman–Crippen MR) is 157 cm³/mol. The number of nitrogens with zero attached hydrogens (tertiary/aromatic N) is 4. The Morgan fingerprint density at radius 1 is 1.27 bits per heavy atom. The van der Waals surface area contributed by atoms with Gasteiger partial charge in [0.15, 0.2) is 5.13 Å². The summed E-state index contributed by atoms with van der Waals surface area (Å²) < 4.78 is 0. The summed E-state index contributed by atoms with van der Waals surface area (Å²) in [5.74, 6) is 0. The van der Waals surface area contributed by atoms with Gasteiger partial charge >= 0.3 is 0 Å². The summed E-state index contributed by atoms with van der Waals surface area (Å²) >= 11 is 3.31. The lowest BCUT2D eigenvalue weighted by atomic mass is 9.96. The molecule has 37 heavy (non-hydrogen) atoms. The number of thiazole rings is 2. The Labute approximate surface area is 232 Å². The summed E-state index contributed by atoms with van der Waals surface area (Å²) in [6.45, 7) is 11.8. The average molecular weight is 545 g/mol. The number of nitrogens with one attached hydrogen (secondary N) is 2. The van der Waals surface area contributed by atoms with Crippen molar-refractivity contribution in [1.82, 2.24) is 20.2 Å². The lowest BCUT2D eigenvalue weighted by Gasteiger charge is -2.23. The molecule has 2 aromatic heterocycles. The predicted octanol–water partition coefficient (Wildman–Crippen LogP) is 5.46. The summed E-state index contributed by atoms with van der Waals surface area (Å²) in [4.78, 5) is 23.5. The van der Waals surface area contributed by atoms with Crippen molar-refractivity contribution in [1.29, 1.82) is 5.26 Å². The molecule has 2 aliphatic rings. The number of likely N-dealkylation sites (N-methyl/N-ethyl adjacent to an activating group) is 1. The van der Waals surface area contributed by atoms with Crippen molar-refractivity contribution in [3.63, 3.8) is 0 Å². The number of aryl methyl sites for hydroxylation is 1. The van der Waals surface area contributed by atoms with Gasteiger partial charge in [-0.05, 0) is 53.6 Å². The van der Waals surface area contributed by atoms with Crippen molar-refractivity contribution in [2.24, 2.45) is 5.41 Å². The first kappa shape index (κ1) is 32.7. The van der Waals surface area contributed by atoms with Gasteiger partial charge < -0.3 is 15.4 Å². The van der Waals surface area contributed by atoms with Crippen LogP contribution in [-0.2, 0) is 24.2 Å². The van der Waals surface area contributed by atoms with Crippen LogP contribution < -0.4 is 10.6 Å². The van der Waals surface area contributed by atoms with Crippen LogP contribution >= 0.6 is 22.7 Å². The number of hydrogen-bond donors (Lipinski definition) is 2. The zero-order valence-electron chi connectivity index (χ0n) is 23.2. The van der Waals surface area contributed by atoms with E-state index in [0.717, 1.165) is 53.4 Å². The lowest BCUT2D eigenvalue weighted by molar-refractivity contribution is -0.107. The average Bonchev–Trinajstić information content (AvgIpc) is 3.55. The van der Waals surface area contributed by atoms with E-state index in [-0.39, 0.29) is 5.41 Å². The molecular weight excluding hydrogens is 500 g/mol. The fourth-order valence-corrected chi connectivity index (χ4v) is 5.60. The Bertz CT molecular complexity index is 969. The molecule has 0 bridgehead atoms. The van der Waals surface area contributed by atoms with Crippen LogP contribution in [0.25, 0.3) is 0 Å². The Morgan fingerprint density at radius 3 is 2.49 bits per heavy atom. The maximum absolute atomic E-state index is 9.96. The van der Waals surface area contributed by atoms with E-state index in [2.05, 4.69) is 58.4 Å². The van der Waals surface area contributed by atoms with Gasteiger partial charge in [0.1, 0.15) is 6.29 Å². The molecule has 4 rings (SSSR count). The number of carbonyl (C=O) groups excluding carboxylic acids is 1. The summed E-state index contributed by atoms with van der Waals surface area (Å²) in [5, 5.41) is 17.6. The first-order chi connectivity index (χ1) is 17.8. The number of hydrogen-bond acceptors (Lipinski definition) is 9. The van der Waals surface area contributed by atoms with E-state index < -0.39 is 0 Å². The third kappa shape index (κ3) is 12.7. The quantitative estimate of drug-likeness (QED) is 0.353. The van der Waals surface area contributed by atoms with Gasteiger partial charge in [0, 0.05) is 48.0 Å². The van der Waals surface area contributed by atoms with Crippen molar-refractivity contribution >= 4 is 34.1 Å². The molecule has 0 spiro atoms. The van der Waals surface area contributed by atoms with E-state index in [1.807, 2.05) is 20.8 Å². The van der Waals surface area contributed by atoms with Crippen LogP contribution in [0.2, 0.25) is 0 Å². The van der Waals surface area contributed by atoms with Crippen LogP contribution in [0.5, 0.6) is 0 Å². The van der Waals surface area contributed by atoms with E-state index in [9.17, 15) is 4.79 Å². The molecule has 1 aliphatic carbocycles. The van der Waals surface area contributed by atoms with Crippen molar-refractivity contribution in [3.05, 3.63) is 26.7 Å². The van der Waals surface area contributed by atoms with Crippen LogP contribution in [0.3, 0.4) is 0 Å². The van der Waals surface area contributed by atoms with Gasteiger partial charge in [-0.25, -0.2) is 9.97 Å². The van der Waals surface area contributed by atoms with Gasteiger partial charge in [-0.3, -0.25) is 4.90 Å². The molecule has 1 saturated carbocycles. The molecule has 0 atom stereocenters. The first-order valence-electron chi connectivity index (χ1n) is 13.0. The molecule has 3 heterocycles. The standard InChI is InChI=1S/C13H20N4S.C7H15N.C6H7NOS.C2H2/c1-4-17-6-5-11-10(7-17)16-12(18-11)15-9-13(2,3)8-14;1-8-7-5-3-2-4-6-7;1-5-7-4-6(9-5)2-3-8;1-2/h4-7,9H2,1-3H3,(H,15,16);7-8H,2-6H2,1H3;3-4H,2H2,1H3;1-2H. The first-order valence-corrected chi connectivity index (χ1v) is 14.6. The molecule has 2 aromatic rings. The Kier molecular flexibility index (Phi) is 16.0. The number of terminal acetylenes is 1.